The molecular formula is C16H17NOS. The summed E-state index contributed by atoms with van der Waals surface area (Å²) in [5.74, 6) is 0. The summed E-state index contributed by atoms with van der Waals surface area (Å²) in [6.07, 6.45) is 0.924. The molecule has 0 aliphatic carbocycles. The molecular weight excluding hydrogens is 254 g/mol. The van der Waals surface area contributed by atoms with Crippen molar-refractivity contribution in [1.29, 1.82) is 0 Å². The van der Waals surface area contributed by atoms with E-state index in [1.807, 2.05) is 18.2 Å². The quantitative estimate of drug-likeness (QED) is 0.785. The highest BCUT2D eigenvalue weighted by Gasteiger charge is 2.06. The molecule has 0 radical (unpaired) electrons. The minimum Gasteiger partial charge on any atom is -0.339 e. The topological polar surface area (TPSA) is 20.3 Å². The van der Waals surface area contributed by atoms with Crippen molar-refractivity contribution < 1.29 is 4.79 Å². The minimum atomic E-state index is 0.0517. The van der Waals surface area contributed by atoms with Crippen LogP contribution >= 0.6 is 11.8 Å². The zero-order valence-corrected chi connectivity index (χ0v) is 12.0. The van der Waals surface area contributed by atoms with Crippen molar-refractivity contribution >= 4 is 17.0 Å². The van der Waals surface area contributed by atoms with Crippen LogP contribution in [0, 0.1) is 0 Å². The molecule has 0 atom stereocenters. The van der Waals surface area contributed by atoms with E-state index in [2.05, 4.69) is 36.4 Å². The van der Waals surface area contributed by atoms with E-state index in [1.54, 1.807) is 19.0 Å². The fraction of sp³-hybridized carbons (Fsp3) is 0.188. The Morgan fingerprint density at radius 2 is 1.53 bits per heavy atom. The molecule has 98 valence electrons. The van der Waals surface area contributed by atoms with E-state index in [0.29, 0.717) is 0 Å². The lowest BCUT2D eigenvalue weighted by atomic mass is 10.1. The standard InChI is InChI=1S/C16H17NOS/c1-17(2)16(18)19-15-10-8-14(9-11-15)12-13-6-4-3-5-7-13/h3-11H,12H2,1-2H3. The van der Waals surface area contributed by atoms with Gasteiger partial charge in [0, 0.05) is 19.0 Å². The molecule has 3 heteroatoms. The molecule has 2 aromatic carbocycles. The number of rotatable bonds is 3. The largest absolute Gasteiger partial charge is 0.339 e. The SMILES string of the molecule is CN(C)C(=O)Sc1ccc(Cc2ccccc2)cc1. The zero-order valence-electron chi connectivity index (χ0n) is 11.2. The molecule has 2 rings (SSSR count). The second-order valence-corrected chi connectivity index (χ2v) is 5.59. The van der Waals surface area contributed by atoms with Crippen LogP contribution in [0.5, 0.6) is 0 Å². The summed E-state index contributed by atoms with van der Waals surface area (Å²) in [6, 6.07) is 18.5. The summed E-state index contributed by atoms with van der Waals surface area (Å²) in [6.45, 7) is 0. The molecule has 2 nitrogen and oxygen atoms in total. The number of carbonyl (C=O) groups excluding carboxylic acids is 1. The van der Waals surface area contributed by atoms with Crippen molar-refractivity contribution in [2.24, 2.45) is 0 Å². The van der Waals surface area contributed by atoms with Gasteiger partial charge in [-0.1, -0.05) is 42.5 Å². The van der Waals surface area contributed by atoms with Crippen molar-refractivity contribution in [3.8, 4) is 0 Å². The van der Waals surface area contributed by atoms with E-state index in [4.69, 9.17) is 0 Å². The van der Waals surface area contributed by atoms with E-state index in [-0.39, 0.29) is 5.24 Å². The van der Waals surface area contributed by atoms with E-state index < -0.39 is 0 Å². The van der Waals surface area contributed by atoms with Gasteiger partial charge in [0.2, 0.25) is 0 Å². The Morgan fingerprint density at radius 3 is 2.11 bits per heavy atom. The Bertz CT molecular complexity index is 534. The average molecular weight is 271 g/mol. The van der Waals surface area contributed by atoms with Crippen LogP contribution < -0.4 is 0 Å². The summed E-state index contributed by atoms with van der Waals surface area (Å²) in [7, 11) is 3.53. The monoisotopic (exact) mass is 271 g/mol. The van der Waals surface area contributed by atoms with Gasteiger partial charge in [0.1, 0.15) is 0 Å². The third-order valence-corrected chi connectivity index (χ3v) is 3.79. The van der Waals surface area contributed by atoms with Gasteiger partial charge in [0.25, 0.3) is 5.24 Å². The predicted octanol–water partition coefficient (Wildman–Crippen LogP) is 4.05. The van der Waals surface area contributed by atoms with E-state index >= 15 is 0 Å². The lowest BCUT2D eigenvalue weighted by molar-refractivity contribution is 0.241. The van der Waals surface area contributed by atoms with Crippen LogP contribution in [0.4, 0.5) is 4.79 Å². The number of nitrogens with zero attached hydrogens (tertiary/aromatic N) is 1. The van der Waals surface area contributed by atoms with Gasteiger partial charge in [0.05, 0.1) is 0 Å². The summed E-state index contributed by atoms with van der Waals surface area (Å²) in [5.41, 5.74) is 2.56. The smallest absolute Gasteiger partial charge is 0.285 e. The second kappa shape index (κ2) is 6.43. The van der Waals surface area contributed by atoms with Crippen LogP contribution in [-0.4, -0.2) is 24.2 Å². The van der Waals surface area contributed by atoms with Crippen molar-refractivity contribution in [3.05, 3.63) is 65.7 Å². The number of thioether (sulfide) groups is 1. The Kier molecular flexibility index (Phi) is 4.63. The Hall–Kier alpha value is -1.74. The molecule has 1 amide bonds. The maximum absolute atomic E-state index is 11.6. The molecule has 0 saturated carbocycles. The predicted molar refractivity (Wildman–Crippen MR) is 80.6 cm³/mol. The van der Waals surface area contributed by atoms with Gasteiger partial charge in [-0.3, -0.25) is 4.79 Å². The first-order valence-corrected chi connectivity index (χ1v) is 6.99. The normalized spacial score (nSPS) is 10.2. The minimum absolute atomic E-state index is 0.0517. The number of amides is 1. The van der Waals surface area contributed by atoms with Crippen molar-refractivity contribution in [2.75, 3.05) is 14.1 Å². The summed E-state index contributed by atoms with van der Waals surface area (Å²) < 4.78 is 0. The average Bonchev–Trinajstić information content (AvgIpc) is 2.42. The molecule has 2 aromatic rings. The van der Waals surface area contributed by atoms with Crippen molar-refractivity contribution in [1.82, 2.24) is 4.90 Å². The third kappa shape index (κ3) is 4.14. The summed E-state index contributed by atoms with van der Waals surface area (Å²) in [5, 5.41) is 0.0517. The molecule has 19 heavy (non-hydrogen) atoms. The Balaban J connectivity index is 2.01. The highest BCUT2D eigenvalue weighted by Crippen LogP contribution is 2.21. The lowest BCUT2D eigenvalue weighted by Gasteiger charge is -2.09. The molecule has 0 N–H and O–H groups in total. The van der Waals surface area contributed by atoms with Gasteiger partial charge < -0.3 is 4.90 Å². The zero-order chi connectivity index (χ0) is 13.7. The third-order valence-electron chi connectivity index (χ3n) is 2.74. The van der Waals surface area contributed by atoms with E-state index in [1.165, 1.54) is 22.9 Å². The first kappa shape index (κ1) is 13.7. The molecule has 0 fully saturated rings. The maximum atomic E-state index is 11.6. The number of hydrogen-bond donors (Lipinski definition) is 0. The first-order valence-electron chi connectivity index (χ1n) is 6.17. The molecule has 0 aliphatic heterocycles. The molecule has 0 bridgehead atoms. The number of hydrogen-bond acceptors (Lipinski definition) is 2. The fourth-order valence-corrected chi connectivity index (χ4v) is 2.36. The Morgan fingerprint density at radius 1 is 0.947 bits per heavy atom. The fourth-order valence-electron chi connectivity index (χ4n) is 1.70. The highest BCUT2D eigenvalue weighted by molar-refractivity contribution is 8.13. The van der Waals surface area contributed by atoms with Gasteiger partial charge >= 0.3 is 0 Å². The van der Waals surface area contributed by atoms with Crippen LogP contribution in [0.15, 0.2) is 59.5 Å². The van der Waals surface area contributed by atoms with Gasteiger partial charge in [-0.25, -0.2) is 0 Å². The van der Waals surface area contributed by atoms with Crippen LogP contribution in [0.3, 0.4) is 0 Å². The molecule has 0 spiro atoms. The van der Waals surface area contributed by atoms with Crippen LogP contribution in [0.1, 0.15) is 11.1 Å². The number of carbonyl (C=O) groups is 1. The molecule has 0 saturated heterocycles. The molecule has 0 aliphatic rings. The van der Waals surface area contributed by atoms with Crippen LogP contribution in [-0.2, 0) is 6.42 Å². The van der Waals surface area contributed by atoms with Gasteiger partial charge in [-0.15, -0.1) is 0 Å². The molecule has 0 heterocycles. The van der Waals surface area contributed by atoms with Crippen LogP contribution in [0.2, 0.25) is 0 Å². The first-order chi connectivity index (χ1) is 9.15. The van der Waals surface area contributed by atoms with Gasteiger partial charge in [-0.05, 0) is 41.4 Å². The second-order valence-electron chi connectivity index (χ2n) is 4.57. The van der Waals surface area contributed by atoms with Gasteiger partial charge in [0.15, 0.2) is 0 Å². The van der Waals surface area contributed by atoms with Crippen molar-refractivity contribution in [3.63, 3.8) is 0 Å². The van der Waals surface area contributed by atoms with E-state index in [9.17, 15) is 4.79 Å². The van der Waals surface area contributed by atoms with E-state index in [0.717, 1.165) is 11.3 Å². The molecule has 0 unspecified atom stereocenters. The van der Waals surface area contributed by atoms with Gasteiger partial charge in [-0.2, -0.15) is 0 Å². The summed E-state index contributed by atoms with van der Waals surface area (Å²) >= 11 is 1.25. The number of benzene rings is 2. The molecule has 0 aromatic heterocycles. The maximum Gasteiger partial charge on any atom is 0.285 e. The lowest BCUT2D eigenvalue weighted by Crippen LogP contribution is -2.15. The summed E-state index contributed by atoms with van der Waals surface area (Å²) in [4.78, 5) is 14.1. The highest BCUT2D eigenvalue weighted by atomic mass is 32.2. The Labute approximate surface area is 118 Å². The van der Waals surface area contributed by atoms with Crippen molar-refractivity contribution in [2.45, 2.75) is 11.3 Å². The van der Waals surface area contributed by atoms with Crippen LogP contribution in [0.25, 0.3) is 0 Å².